The van der Waals surface area contributed by atoms with Gasteiger partial charge in [0, 0.05) is 17.1 Å². The van der Waals surface area contributed by atoms with Gasteiger partial charge in [-0.05, 0) is 24.3 Å². The van der Waals surface area contributed by atoms with Crippen LogP contribution in [0, 0.1) is 0 Å². The summed E-state index contributed by atoms with van der Waals surface area (Å²) in [6.45, 7) is -0.389. The number of fused-ring (bicyclic) bond motifs is 1. The van der Waals surface area contributed by atoms with Crippen molar-refractivity contribution in [2.45, 2.75) is 0 Å². The Hall–Kier alpha value is -1.55. The monoisotopic (exact) mass is 251 g/mol. The third-order valence-electron chi connectivity index (χ3n) is 2.25. The lowest BCUT2D eigenvalue weighted by molar-refractivity contribution is 0.0917. The highest BCUT2D eigenvalue weighted by Gasteiger charge is 2.08. The number of pyridine rings is 1. The Kier molecular flexibility index (Phi) is 3.64. The highest BCUT2D eigenvalue weighted by molar-refractivity contribution is 7.32. The molecule has 0 amide bonds. The van der Waals surface area contributed by atoms with Crippen LogP contribution >= 0.6 is 8.25 Å². The van der Waals surface area contributed by atoms with Crippen molar-refractivity contribution in [3.05, 3.63) is 42.1 Å². The second-order valence-electron chi connectivity index (χ2n) is 3.39. The number of carbonyl (C=O) groups is 1. The summed E-state index contributed by atoms with van der Waals surface area (Å²) in [4.78, 5) is 24.2. The minimum absolute atomic E-state index is 0.330. The first kappa shape index (κ1) is 11.9. The lowest BCUT2D eigenvalue weighted by Gasteiger charge is -2.02. The second kappa shape index (κ2) is 5.19. The third-order valence-corrected chi connectivity index (χ3v) is 2.64. The van der Waals surface area contributed by atoms with E-state index in [9.17, 15) is 9.36 Å². The fourth-order valence-electron chi connectivity index (χ4n) is 1.46. The molecule has 0 saturated heterocycles. The smallest absolute Gasteiger partial charge is 0.317 e. The van der Waals surface area contributed by atoms with Crippen molar-refractivity contribution < 1.29 is 18.8 Å². The van der Waals surface area contributed by atoms with Crippen LogP contribution < -0.4 is 0 Å². The SMILES string of the molecule is O=C(CO[PH](=O)O)c1ccc2ncccc2c1. The predicted molar refractivity (Wildman–Crippen MR) is 63.2 cm³/mol. The van der Waals surface area contributed by atoms with E-state index in [1.165, 1.54) is 0 Å². The van der Waals surface area contributed by atoms with Crippen LogP contribution in [0.5, 0.6) is 0 Å². The first-order chi connectivity index (χ1) is 8.16. The Balaban J connectivity index is 2.24. The summed E-state index contributed by atoms with van der Waals surface area (Å²) in [6.07, 6.45) is 1.67. The summed E-state index contributed by atoms with van der Waals surface area (Å²) in [5, 5.41) is 0.843. The maximum Gasteiger partial charge on any atom is 0.317 e. The normalized spacial score (nSPS) is 12.5. The molecule has 0 aliphatic rings. The van der Waals surface area contributed by atoms with E-state index in [0.717, 1.165) is 10.9 Å². The van der Waals surface area contributed by atoms with Gasteiger partial charge in [0.1, 0.15) is 6.61 Å². The van der Waals surface area contributed by atoms with Crippen molar-refractivity contribution >= 4 is 24.9 Å². The van der Waals surface area contributed by atoms with Gasteiger partial charge in [-0.15, -0.1) is 0 Å². The molecule has 1 unspecified atom stereocenters. The molecule has 5 nitrogen and oxygen atoms in total. The molecule has 0 aliphatic carbocycles. The number of carbonyl (C=O) groups excluding carboxylic acids is 1. The van der Waals surface area contributed by atoms with Gasteiger partial charge >= 0.3 is 8.25 Å². The molecule has 0 saturated carbocycles. The fraction of sp³-hybridized carbons (Fsp3) is 0.0909. The van der Waals surface area contributed by atoms with Gasteiger partial charge in [0.2, 0.25) is 0 Å². The average molecular weight is 251 g/mol. The lowest BCUT2D eigenvalue weighted by atomic mass is 10.1. The quantitative estimate of drug-likeness (QED) is 0.662. The van der Waals surface area contributed by atoms with Crippen LogP contribution in [0.1, 0.15) is 10.4 Å². The van der Waals surface area contributed by atoms with Gasteiger partial charge in [-0.25, -0.2) is 0 Å². The Morgan fingerprint density at radius 1 is 1.41 bits per heavy atom. The van der Waals surface area contributed by atoms with Crippen LogP contribution in [0.25, 0.3) is 10.9 Å². The molecular formula is C11H10NO4P. The van der Waals surface area contributed by atoms with Gasteiger partial charge in [0.15, 0.2) is 5.78 Å². The van der Waals surface area contributed by atoms with E-state index in [4.69, 9.17) is 4.89 Å². The third kappa shape index (κ3) is 2.97. The summed E-state index contributed by atoms with van der Waals surface area (Å²) in [5.74, 6) is -0.330. The Morgan fingerprint density at radius 2 is 2.24 bits per heavy atom. The largest absolute Gasteiger partial charge is 0.326 e. The Labute approximate surface area is 98.0 Å². The number of benzene rings is 1. The van der Waals surface area contributed by atoms with Gasteiger partial charge in [0.05, 0.1) is 5.52 Å². The van der Waals surface area contributed by atoms with E-state index >= 15 is 0 Å². The van der Waals surface area contributed by atoms with Crippen molar-refractivity contribution in [2.24, 2.45) is 0 Å². The van der Waals surface area contributed by atoms with Gasteiger partial charge < -0.3 is 9.42 Å². The van der Waals surface area contributed by atoms with Crippen LogP contribution in [0.4, 0.5) is 0 Å². The van der Waals surface area contributed by atoms with E-state index in [1.807, 2.05) is 6.07 Å². The molecule has 17 heavy (non-hydrogen) atoms. The number of rotatable bonds is 4. The van der Waals surface area contributed by atoms with Crippen molar-refractivity contribution in [3.8, 4) is 0 Å². The Morgan fingerprint density at radius 3 is 3.00 bits per heavy atom. The number of hydrogen-bond acceptors (Lipinski definition) is 4. The van der Waals surface area contributed by atoms with E-state index in [1.54, 1.807) is 30.5 Å². The summed E-state index contributed by atoms with van der Waals surface area (Å²) >= 11 is 0. The molecule has 1 atom stereocenters. The average Bonchev–Trinajstić information content (AvgIpc) is 2.35. The van der Waals surface area contributed by atoms with E-state index in [-0.39, 0.29) is 12.4 Å². The topological polar surface area (TPSA) is 76.5 Å². The van der Waals surface area contributed by atoms with Crippen LogP contribution in [0.3, 0.4) is 0 Å². The number of Topliss-reactive ketones (excluding diaryl/α,β-unsaturated/α-hetero) is 1. The zero-order chi connectivity index (χ0) is 12.3. The molecule has 1 aromatic heterocycles. The van der Waals surface area contributed by atoms with Crippen molar-refractivity contribution in [3.63, 3.8) is 0 Å². The molecule has 6 heteroatoms. The van der Waals surface area contributed by atoms with Crippen LogP contribution in [0.15, 0.2) is 36.5 Å². The number of aromatic nitrogens is 1. The lowest BCUT2D eigenvalue weighted by Crippen LogP contribution is -2.05. The second-order valence-corrected chi connectivity index (χ2v) is 4.21. The van der Waals surface area contributed by atoms with E-state index in [2.05, 4.69) is 9.51 Å². The van der Waals surface area contributed by atoms with Crippen LogP contribution in [0.2, 0.25) is 0 Å². The summed E-state index contributed by atoms with van der Waals surface area (Å²) < 4.78 is 14.8. The summed E-state index contributed by atoms with van der Waals surface area (Å²) in [5.41, 5.74) is 1.23. The first-order valence-electron chi connectivity index (χ1n) is 4.90. The number of nitrogens with zero attached hydrogens (tertiary/aromatic N) is 1. The molecule has 1 heterocycles. The van der Waals surface area contributed by atoms with Crippen molar-refractivity contribution in [1.29, 1.82) is 0 Å². The molecule has 0 fully saturated rings. The zero-order valence-corrected chi connectivity index (χ0v) is 9.79. The van der Waals surface area contributed by atoms with E-state index < -0.39 is 8.25 Å². The predicted octanol–water partition coefficient (Wildman–Crippen LogP) is 1.82. The van der Waals surface area contributed by atoms with E-state index in [0.29, 0.717) is 5.56 Å². The molecule has 0 radical (unpaired) electrons. The standard InChI is InChI=1S/C11H10NO4P/c13-11(7-16-17(14)15)9-3-4-10-8(6-9)2-1-5-12-10/h1-6,17H,7H2,(H,14,15). The summed E-state index contributed by atoms with van der Waals surface area (Å²) in [7, 11) is -3.06. The molecule has 0 bridgehead atoms. The molecule has 1 aromatic carbocycles. The van der Waals surface area contributed by atoms with Crippen molar-refractivity contribution in [1.82, 2.24) is 4.98 Å². The number of ketones is 1. The minimum atomic E-state index is -3.06. The number of hydrogen-bond donors (Lipinski definition) is 1. The highest BCUT2D eigenvalue weighted by Crippen LogP contribution is 2.17. The molecular weight excluding hydrogens is 241 g/mol. The molecule has 2 rings (SSSR count). The minimum Gasteiger partial charge on any atom is -0.326 e. The fourth-order valence-corrected chi connectivity index (χ4v) is 1.71. The summed E-state index contributed by atoms with van der Waals surface area (Å²) in [6, 6.07) is 8.65. The molecule has 1 N–H and O–H groups in total. The van der Waals surface area contributed by atoms with Gasteiger partial charge in [-0.1, -0.05) is 6.07 Å². The Bertz CT molecular complexity index is 584. The maximum atomic E-state index is 11.6. The van der Waals surface area contributed by atoms with Crippen LogP contribution in [-0.4, -0.2) is 22.3 Å². The van der Waals surface area contributed by atoms with Crippen LogP contribution in [-0.2, 0) is 9.09 Å². The first-order valence-corrected chi connectivity index (χ1v) is 6.17. The van der Waals surface area contributed by atoms with Gasteiger partial charge in [0.25, 0.3) is 0 Å². The van der Waals surface area contributed by atoms with Gasteiger partial charge in [-0.2, -0.15) is 0 Å². The maximum absolute atomic E-state index is 11.6. The molecule has 88 valence electrons. The molecule has 0 aliphatic heterocycles. The molecule has 0 spiro atoms. The van der Waals surface area contributed by atoms with Crippen molar-refractivity contribution in [2.75, 3.05) is 6.61 Å². The van der Waals surface area contributed by atoms with Gasteiger partial charge in [-0.3, -0.25) is 14.3 Å². The molecule has 2 aromatic rings. The highest BCUT2D eigenvalue weighted by atomic mass is 31.1. The zero-order valence-electron chi connectivity index (χ0n) is 8.79.